The second-order valence-electron chi connectivity index (χ2n) is 6.17. The van der Waals surface area contributed by atoms with Gasteiger partial charge in [-0.05, 0) is 55.4 Å². The molecule has 0 spiro atoms. The van der Waals surface area contributed by atoms with Crippen LogP contribution in [0.3, 0.4) is 0 Å². The smallest absolute Gasteiger partial charge is 0.240 e. The van der Waals surface area contributed by atoms with E-state index in [0.717, 1.165) is 11.1 Å². The zero-order valence-corrected chi connectivity index (χ0v) is 16.2. The van der Waals surface area contributed by atoms with E-state index >= 15 is 0 Å². The van der Waals surface area contributed by atoms with Crippen LogP contribution in [0, 0.1) is 18.6 Å². The molecule has 0 aliphatic heterocycles. The first kappa shape index (κ1) is 18.7. The van der Waals surface area contributed by atoms with Gasteiger partial charge in [-0.3, -0.25) is 10.2 Å². The summed E-state index contributed by atoms with van der Waals surface area (Å²) in [5.41, 5.74) is 12.6. The molecule has 140 valence electrons. The van der Waals surface area contributed by atoms with Gasteiger partial charge in [0.15, 0.2) is 5.78 Å². The summed E-state index contributed by atoms with van der Waals surface area (Å²) >= 11 is 5.43. The molecule has 1 heterocycles. The molecule has 27 heavy (non-hydrogen) atoms. The van der Waals surface area contributed by atoms with Gasteiger partial charge in [0, 0.05) is 5.56 Å². The molecular weight excluding hydrogens is 362 g/mol. The molecule has 3 aromatic rings. The van der Waals surface area contributed by atoms with E-state index in [0.29, 0.717) is 17.0 Å². The lowest BCUT2D eigenvalue weighted by Crippen LogP contribution is -2.15. The van der Waals surface area contributed by atoms with Crippen LogP contribution in [0.25, 0.3) is 0 Å². The van der Waals surface area contributed by atoms with Crippen molar-refractivity contribution in [3.8, 4) is 5.75 Å². The van der Waals surface area contributed by atoms with Crippen molar-refractivity contribution in [2.75, 3.05) is 18.3 Å². The van der Waals surface area contributed by atoms with Crippen molar-refractivity contribution in [1.82, 2.24) is 14.5 Å². The first-order valence-corrected chi connectivity index (χ1v) is 8.77. The average molecular weight is 383 g/mol. The van der Waals surface area contributed by atoms with Crippen LogP contribution in [0.1, 0.15) is 21.5 Å². The van der Waals surface area contributed by atoms with Crippen molar-refractivity contribution in [2.24, 2.45) is 0 Å². The van der Waals surface area contributed by atoms with E-state index in [4.69, 9.17) is 22.7 Å². The van der Waals surface area contributed by atoms with Gasteiger partial charge >= 0.3 is 0 Å². The Hall–Kier alpha value is -3.13. The maximum Gasteiger partial charge on any atom is 0.240 e. The van der Waals surface area contributed by atoms with Crippen LogP contribution in [0.15, 0.2) is 42.5 Å². The Bertz CT molecular complexity index is 1050. The van der Waals surface area contributed by atoms with Gasteiger partial charge in [-0.15, -0.1) is 5.10 Å². The topological polar surface area (TPSA) is 87.1 Å². The van der Waals surface area contributed by atoms with Crippen LogP contribution in [0.5, 0.6) is 5.75 Å². The number of benzene rings is 2. The standard InChI is InChI=1S/C19H21N5O2S/c1-12-8-9-14(10-13(12)2)16(25)11-23-19(27)24(18(20)22-23)21-15-6-4-5-7-17(15)26-3/h4-10,21H,11H2,1-3H3,(H2,20,22). The summed E-state index contributed by atoms with van der Waals surface area (Å²) in [4.78, 5) is 12.6. The van der Waals surface area contributed by atoms with Crippen molar-refractivity contribution in [3.63, 3.8) is 0 Å². The Morgan fingerprint density at radius 2 is 1.96 bits per heavy atom. The van der Waals surface area contributed by atoms with Gasteiger partial charge in [-0.25, -0.2) is 4.68 Å². The normalized spacial score (nSPS) is 10.6. The van der Waals surface area contributed by atoms with Gasteiger partial charge in [0.2, 0.25) is 10.7 Å². The quantitative estimate of drug-likeness (QED) is 0.501. The highest BCUT2D eigenvalue weighted by atomic mass is 32.1. The average Bonchev–Trinajstić information content (AvgIpc) is 2.91. The largest absolute Gasteiger partial charge is 0.495 e. The molecule has 0 fully saturated rings. The molecule has 0 saturated heterocycles. The fraction of sp³-hybridized carbons (Fsp3) is 0.211. The van der Waals surface area contributed by atoms with Crippen LogP contribution in [0.2, 0.25) is 0 Å². The van der Waals surface area contributed by atoms with Crippen molar-refractivity contribution in [3.05, 3.63) is 63.9 Å². The minimum absolute atomic E-state index is 0.00609. The third-order valence-electron chi connectivity index (χ3n) is 4.33. The molecule has 3 N–H and O–H groups in total. The minimum Gasteiger partial charge on any atom is -0.495 e. The van der Waals surface area contributed by atoms with Gasteiger partial charge in [-0.1, -0.05) is 24.3 Å². The van der Waals surface area contributed by atoms with Gasteiger partial charge in [-0.2, -0.15) is 4.68 Å². The van der Waals surface area contributed by atoms with Crippen LogP contribution in [0.4, 0.5) is 11.6 Å². The van der Waals surface area contributed by atoms with Crippen molar-refractivity contribution >= 4 is 29.6 Å². The number of nitrogens with one attached hydrogen (secondary N) is 1. The molecule has 0 saturated carbocycles. The lowest BCUT2D eigenvalue weighted by molar-refractivity contribution is 0.0967. The lowest BCUT2D eigenvalue weighted by atomic mass is 10.0. The number of nitrogens with two attached hydrogens (primary N) is 1. The highest BCUT2D eigenvalue weighted by Gasteiger charge is 2.14. The molecule has 0 amide bonds. The van der Waals surface area contributed by atoms with E-state index in [-0.39, 0.29) is 23.0 Å². The molecule has 8 heteroatoms. The van der Waals surface area contributed by atoms with Crippen molar-refractivity contribution in [1.29, 1.82) is 0 Å². The number of ketones is 1. The lowest BCUT2D eigenvalue weighted by Gasteiger charge is -2.11. The van der Waals surface area contributed by atoms with Gasteiger partial charge < -0.3 is 10.5 Å². The molecule has 0 aliphatic carbocycles. The Morgan fingerprint density at radius 3 is 2.67 bits per heavy atom. The van der Waals surface area contributed by atoms with Crippen molar-refractivity contribution < 1.29 is 9.53 Å². The predicted octanol–water partition coefficient (Wildman–Crippen LogP) is 3.38. The summed E-state index contributed by atoms with van der Waals surface area (Å²) in [6.07, 6.45) is 0. The maximum atomic E-state index is 12.6. The number of aryl methyl sites for hydroxylation is 2. The number of nitrogen functional groups attached to an aromatic ring is 1. The molecule has 0 atom stereocenters. The highest BCUT2D eigenvalue weighted by molar-refractivity contribution is 7.71. The zero-order valence-electron chi connectivity index (χ0n) is 15.4. The second kappa shape index (κ2) is 7.63. The number of carbonyl (C=O) groups excluding carboxylic acids is 1. The van der Waals surface area contributed by atoms with Gasteiger partial charge in [0.25, 0.3) is 0 Å². The molecule has 2 aromatic carbocycles. The van der Waals surface area contributed by atoms with Crippen LogP contribution < -0.4 is 15.9 Å². The fourth-order valence-electron chi connectivity index (χ4n) is 2.63. The number of para-hydroxylation sites is 2. The minimum atomic E-state index is -0.0869. The molecule has 0 radical (unpaired) electrons. The van der Waals surface area contributed by atoms with E-state index in [1.807, 2.05) is 56.3 Å². The third kappa shape index (κ3) is 3.85. The number of ether oxygens (including phenoxy) is 1. The summed E-state index contributed by atoms with van der Waals surface area (Å²) in [6.45, 7) is 3.99. The van der Waals surface area contributed by atoms with E-state index in [1.54, 1.807) is 7.11 Å². The Morgan fingerprint density at radius 1 is 1.22 bits per heavy atom. The zero-order chi connectivity index (χ0) is 19.6. The van der Waals surface area contributed by atoms with Gasteiger partial charge in [0.1, 0.15) is 12.3 Å². The number of Topliss-reactive ketones (excluding diaryl/α,β-unsaturated/α-hetero) is 1. The number of rotatable bonds is 6. The summed E-state index contributed by atoms with van der Waals surface area (Å²) in [7, 11) is 1.58. The maximum absolute atomic E-state index is 12.6. The van der Waals surface area contributed by atoms with E-state index in [2.05, 4.69) is 10.5 Å². The van der Waals surface area contributed by atoms with Crippen LogP contribution in [-0.4, -0.2) is 27.3 Å². The van der Waals surface area contributed by atoms with E-state index < -0.39 is 0 Å². The number of hydrogen-bond donors (Lipinski definition) is 2. The molecule has 0 unspecified atom stereocenters. The first-order valence-electron chi connectivity index (χ1n) is 8.36. The summed E-state index contributed by atoms with van der Waals surface area (Å²) in [6, 6.07) is 13.0. The van der Waals surface area contributed by atoms with Gasteiger partial charge in [0.05, 0.1) is 12.8 Å². The SMILES string of the molecule is COc1ccccc1Nn1c(N)nn(CC(=O)c2ccc(C)c(C)c2)c1=S. The molecular formula is C19H21N5O2S. The van der Waals surface area contributed by atoms with E-state index in [9.17, 15) is 4.79 Å². The van der Waals surface area contributed by atoms with Crippen molar-refractivity contribution in [2.45, 2.75) is 20.4 Å². The number of methoxy groups -OCH3 is 1. The predicted molar refractivity (Wildman–Crippen MR) is 108 cm³/mol. The van der Waals surface area contributed by atoms with Crippen LogP contribution in [-0.2, 0) is 6.54 Å². The number of nitrogens with zero attached hydrogens (tertiary/aromatic N) is 3. The summed E-state index contributed by atoms with van der Waals surface area (Å²) in [5, 5.41) is 4.20. The first-order chi connectivity index (χ1) is 12.9. The Kier molecular flexibility index (Phi) is 5.27. The Labute approximate surface area is 162 Å². The van der Waals surface area contributed by atoms with E-state index in [1.165, 1.54) is 9.36 Å². The number of carbonyl (C=O) groups is 1. The third-order valence-corrected chi connectivity index (χ3v) is 4.72. The monoisotopic (exact) mass is 383 g/mol. The molecule has 3 rings (SSSR count). The molecule has 0 bridgehead atoms. The summed E-state index contributed by atoms with van der Waals surface area (Å²) in [5.74, 6) is 0.702. The highest BCUT2D eigenvalue weighted by Crippen LogP contribution is 2.24. The molecule has 7 nitrogen and oxygen atoms in total. The number of aromatic nitrogens is 3. The number of hydrogen-bond acceptors (Lipinski definition) is 6. The number of anilines is 2. The fourth-order valence-corrected chi connectivity index (χ4v) is 2.88. The summed E-state index contributed by atoms with van der Waals surface area (Å²) < 4.78 is 8.46. The molecule has 0 aliphatic rings. The molecule has 1 aromatic heterocycles. The van der Waals surface area contributed by atoms with Crippen LogP contribution >= 0.6 is 12.2 Å². The Balaban J connectivity index is 1.86. The second-order valence-corrected chi connectivity index (χ2v) is 6.53.